The molecule has 0 spiro atoms. The van der Waals surface area contributed by atoms with Crippen molar-refractivity contribution in [2.45, 2.75) is 17.3 Å². The van der Waals surface area contributed by atoms with Gasteiger partial charge in [0.05, 0.1) is 0 Å². The maximum Gasteiger partial charge on any atom is 0.316 e. The van der Waals surface area contributed by atoms with Crippen molar-refractivity contribution in [3.8, 4) is 0 Å². The van der Waals surface area contributed by atoms with E-state index in [1.807, 2.05) is 0 Å². The number of thioether (sulfide) groups is 1. The molecule has 0 aromatic carbocycles. The molecule has 1 unspecified atom stereocenters. The number of aromatic nitrogens is 2. The summed E-state index contributed by atoms with van der Waals surface area (Å²) in [5.74, 6) is -0.463. The van der Waals surface area contributed by atoms with Crippen molar-refractivity contribution < 1.29 is 9.90 Å². The third-order valence-corrected chi connectivity index (χ3v) is 2.32. The molecule has 1 heterocycles. The van der Waals surface area contributed by atoms with Crippen molar-refractivity contribution in [1.82, 2.24) is 9.97 Å². The van der Waals surface area contributed by atoms with Crippen LogP contribution in [-0.4, -0.2) is 26.3 Å². The molecule has 5 N–H and O–H groups in total. The van der Waals surface area contributed by atoms with Crippen LogP contribution in [0.3, 0.4) is 0 Å². The molecular formula is C7H10N4O2S. The Hall–Kier alpha value is -1.50. The molecule has 0 saturated carbocycles. The summed E-state index contributed by atoms with van der Waals surface area (Å²) in [4.78, 5) is 18.2. The van der Waals surface area contributed by atoms with E-state index in [-0.39, 0.29) is 16.8 Å². The molecule has 1 aromatic rings. The van der Waals surface area contributed by atoms with Gasteiger partial charge >= 0.3 is 5.97 Å². The van der Waals surface area contributed by atoms with E-state index < -0.39 is 11.2 Å². The lowest BCUT2D eigenvalue weighted by molar-refractivity contribution is -0.136. The first-order chi connectivity index (χ1) is 6.49. The van der Waals surface area contributed by atoms with Gasteiger partial charge in [0, 0.05) is 6.07 Å². The topological polar surface area (TPSA) is 115 Å². The second-order valence-corrected chi connectivity index (χ2v) is 3.91. The lowest BCUT2D eigenvalue weighted by atomic mass is 10.5. The molecule has 1 aromatic heterocycles. The number of carboxylic acid groups (broad SMARTS) is 1. The number of carbonyl (C=O) groups is 1. The number of nitrogen functional groups attached to an aromatic ring is 2. The molecule has 0 aliphatic rings. The molecule has 0 aliphatic heterocycles. The summed E-state index contributed by atoms with van der Waals surface area (Å²) in [5.41, 5.74) is 10.8. The zero-order valence-corrected chi connectivity index (χ0v) is 8.28. The average molecular weight is 214 g/mol. The Morgan fingerprint density at radius 1 is 1.50 bits per heavy atom. The minimum atomic E-state index is -0.931. The molecule has 0 amide bonds. The van der Waals surface area contributed by atoms with Gasteiger partial charge in [-0.2, -0.15) is 0 Å². The van der Waals surface area contributed by atoms with Crippen molar-refractivity contribution in [3.05, 3.63) is 6.07 Å². The first-order valence-corrected chi connectivity index (χ1v) is 4.66. The standard InChI is InChI=1S/C7H10N4O2S/c1-3(6(12)13)14-7-10-4(8)2-5(9)11-7/h2-3H,1H3,(H,12,13)(H4,8,9,10,11). The minimum absolute atomic E-state index is 0.234. The van der Waals surface area contributed by atoms with Gasteiger partial charge in [0.15, 0.2) is 5.16 Å². The van der Waals surface area contributed by atoms with E-state index in [1.54, 1.807) is 0 Å². The Morgan fingerprint density at radius 3 is 2.43 bits per heavy atom. The fourth-order valence-corrected chi connectivity index (χ4v) is 1.46. The molecule has 7 heteroatoms. The van der Waals surface area contributed by atoms with Crippen molar-refractivity contribution in [2.75, 3.05) is 11.5 Å². The van der Waals surface area contributed by atoms with E-state index >= 15 is 0 Å². The van der Waals surface area contributed by atoms with E-state index in [0.717, 1.165) is 11.8 Å². The molecule has 0 bridgehead atoms. The molecular weight excluding hydrogens is 204 g/mol. The van der Waals surface area contributed by atoms with E-state index in [9.17, 15) is 4.79 Å². The highest BCUT2D eigenvalue weighted by molar-refractivity contribution is 8.00. The van der Waals surface area contributed by atoms with Crippen LogP contribution in [0, 0.1) is 0 Å². The maximum absolute atomic E-state index is 10.5. The smallest absolute Gasteiger partial charge is 0.316 e. The molecule has 0 radical (unpaired) electrons. The molecule has 0 fully saturated rings. The van der Waals surface area contributed by atoms with Gasteiger partial charge in [-0.15, -0.1) is 0 Å². The summed E-state index contributed by atoms with van der Waals surface area (Å²) in [7, 11) is 0. The summed E-state index contributed by atoms with van der Waals surface area (Å²) in [6.07, 6.45) is 0. The van der Waals surface area contributed by atoms with Crippen molar-refractivity contribution in [3.63, 3.8) is 0 Å². The van der Waals surface area contributed by atoms with Crippen LogP contribution >= 0.6 is 11.8 Å². The summed E-state index contributed by atoms with van der Waals surface area (Å²) in [6.45, 7) is 1.54. The van der Waals surface area contributed by atoms with Crippen LogP contribution in [0.15, 0.2) is 11.2 Å². The highest BCUT2D eigenvalue weighted by Gasteiger charge is 2.14. The zero-order chi connectivity index (χ0) is 10.7. The molecule has 1 rings (SSSR count). The predicted molar refractivity (Wildman–Crippen MR) is 53.8 cm³/mol. The van der Waals surface area contributed by atoms with E-state index in [0.29, 0.717) is 0 Å². The number of nitrogens with zero attached hydrogens (tertiary/aromatic N) is 2. The summed E-state index contributed by atoms with van der Waals surface area (Å²) < 4.78 is 0. The number of aliphatic carboxylic acids is 1. The number of anilines is 2. The van der Waals surface area contributed by atoms with Crippen LogP contribution < -0.4 is 11.5 Å². The fourth-order valence-electron chi connectivity index (χ4n) is 0.723. The molecule has 76 valence electrons. The number of rotatable bonds is 3. The fraction of sp³-hybridized carbons (Fsp3) is 0.286. The Bertz CT molecular complexity index is 337. The van der Waals surface area contributed by atoms with E-state index in [4.69, 9.17) is 16.6 Å². The molecule has 6 nitrogen and oxygen atoms in total. The Morgan fingerprint density at radius 2 is 2.00 bits per heavy atom. The van der Waals surface area contributed by atoms with Crippen LogP contribution in [0.1, 0.15) is 6.92 Å². The van der Waals surface area contributed by atoms with Gasteiger partial charge in [0.2, 0.25) is 0 Å². The second-order valence-electron chi connectivity index (χ2n) is 2.60. The van der Waals surface area contributed by atoms with Crippen molar-refractivity contribution >= 4 is 29.4 Å². The van der Waals surface area contributed by atoms with Crippen LogP contribution in [-0.2, 0) is 4.79 Å². The van der Waals surface area contributed by atoms with Crippen LogP contribution in [0.2, 0.25) is 0 Å². The molecule has 0 saturated heterocycles. The quantitative estimate of drug-likeness (QED) is 0.486. The highest BCUT2D eigenvalue weighted by atomic mass is 32.2. The van der Waals surface area contributed by atoms with Gasteiger partial charge in [-0.3, -0.25) is 4.79 Å². The average Bonchev–Trinajstić information content (AvgIpc) is 2.01. The lowest BCUT2D eigenvalue weighted by Gasteiger charge is -2.05. The minimum Gasteiger partial charge on any atom is -0.480 e. The number of hydrogen-bond donors (Lipinski definition) is 3. The van der Waals surface area contributed by atoms with Crippen LogP contribution in [0.5, 0.6) is 0 Å². The number of carboxylic acids is 1. The Kier molecular flexibility index (Phi) is 3.13. The molecule has 1 atom stereocenters. The second kappa shape index (κ2) is 4.14. The first-order valence-electron chi connectivity index (χ1n) is 3.78. The van der Waals surface area contributed by atoms with Gasteiger partial charge in [-0.05, 0) is 6.92 Å². The van der Waals surface area contributed by atoms with Gasteiger partial charge in [0.25, 0.3) is 0 Å². The van der Waals surface area contributed by atoms with Gasteiger partial charge in [0.1, 0.15) is 16.9 Å². The first kappa shape index (κ1) is 10.6. The Balaban J connectivity index is 2.81. The molecule has 0 aliphatic carbocycles. The van der Waals surface area contributed by atoms with Crippen LogP contribution in [0.25, 0.3) is 0 Å². The maximum atomic E-state index is 10.5. The summed E-state index contributed by atoms with van der Waals surface area (Å²) >= 11 is 0.998. The predicted octanol–water partition coefficient (Wildman–Crippen LogP) is 0.206. The number of hydrogen-bond acceptors (Lipinski definition) is 6. The Labute approximate surface area is 84.7 Å². The van der Waals surface area contributed by atoms with Crippen LogP contribution in [0.4, 0.5) is 11.6 Å². The SMILES string of the molecule is CC(Sc1nc(N)cc(N)n1)C(=O)O. The largest absolute Gasteiger partial charge is 0.480 e. The highest BCUT2D eigenvalue weighted by Crippen LogP contribution is 2.21. The van der Waals surface area contributed by atoms with Gasteiger partial charge < -0.3 is 16.6 Å². The summed E-state index contributed by atoms with van der Waals surface area (Å²) in [6, 6.07) is 1.41. The van der Waals surface area contributed by atoms with Gasteiger partial charge in [-0.1, -0.05) is 11.8 Å². The molecule has 14 heavy (non-hydrogen) atoms. The summed E-state index contributed by atoms with van der Waals surface area (Å²) in [5, 5.41) is 8.29. The van der Waals surface area contributed by atoms with Crippen molar-refractivity contribution in [2.24, 2.45) is 0 Å². The van der Waals surface area contributed by atoms with Crippen molar-refractivity contribution in [1.29, 1.82) is 0 Å². The normalized spacial score (nSPS) is 12.4. The van der Waals surface area contributed by atoms with Gasteiger partial charge in [-0.25, -0.2) is 9.97 Å². The zero-order valence-electron chi connectivity index (χ0n) is 7.47. The lowest BCUT2D eigenvalue weighted by Crippen LogP contribution is -2.12. The van der Waals surface area contributed by atoms with E-state index in [1.165, 1.54) is 13.0 Å². The third kappa shape index (κ3) is 2.77. The monoisotopic (exact) mass is 214 g/mol. The van der Waals surface area contributed by atoms with E-state index in [2.05, 4.69) is 9.97 Å². The number of nitrogens with two attached hydrogens (primary N) is 2. The third-order valence-electron chi connectivity index (χ3n) is 1.38.